The van der Waals surface area contributed by atoms with Crippen LogP contribution < -0.4 is 22.3 Å². The molecule has 0 saturated heterocycles. The molecule has 0 fully saturated rings. The number of nitrogens with one attached hydrogen (secondary N) is 2. The van der Waals surface area contributed by atoms with Crippen molar-refractivity contribution in [2.45, 2.75) is 13.3 Å². The Morgan fingerprint density at radius 1 is 1.10 bits per heavy atom. The number of thiocarbonyl (C=S) groups is 2. The lowest BCUT2D eigenvalue weighted by molar-refractivity contribution is 1.01. The van der Waals surface area contributed by atoms with Crippen LogP contribution in [0.15, 0.2) is 34.5 Å². The van der Waals surface area contributed by atoms with Crippen LogP contribution in [0.4, 0.5) is 0 Å². The van der Waals surface area contributed by atoms with Gasteiger partial charge in [-0.25, -0.2) is 0 Å². The van der Waals surface area contributed by atoms with Crippen LogP contribution in [-0.4, -0.2) is 21.6 Å². The zero-order valence-electron chi connectivity index (χ0n) is 11.3. The molecule has 6 nitrogen and oxygen atoms in total. The van der Waals surface area contributed by atoms with E-state index in [2.05, 4.69) is 33.3 Å². The Kier molecular flexibility index (Phi) is 7.00. The van der Waals surface area contributed by atoms with E-state index >= 15 is 0 Å². The van der Waals surface area contributed by atoms with Crippen molar-refractivity contribution in [1.82, 2.24) is 10.9 Å². The molecule has 112 valence electrons. The first-order chi connectivity index (χ1) is 9.88. The molecule has 0 amide bonds. The highest BCUT2D eigenvalue weighted by atomic mass is 35.5. The minimum atomic E-state index is 0.0808. The van der Waals surface area contributed by atoms with Gasteiger partial charge in [0.25, 0.3) is 0 Å². The van der Waals surface area contributed by atoms with Crippen LogP contribution in [0.5, 0.6) is 0 Å². The molecule has 0 aromatic heterocycles. The van der Waals surface area contributed by atoms with Gasteiger partial charge in [0.15, 0.2) is 10.2 Å². The Morgan fingerprint density at radius 2 is 1.62 bits per heavy atom. The van der Waals surface area contributed by atoms with Gasteiger partial charge in [0.2, 0.25) is 0 Å². The molecule has 0 unspecified atom stereocenters. The zero-order valence-corrected chi connectivity index (χ0v) is 13.6. The van der Waals surface area contributed by atoms with Gasteiger partial charge in [0.1, 0.15) is 0 Å². The summed E-state index contributed by atoms with van der Waals surface area (Å²) in [7, 11) is 0. The molecule has 0 heterocycles. The molecule has 1 aromatic rings. The minimum absolute atomic E-state index is 0.0808. The number of nitrogens with zero attached hydrogens (tertiary/aromatic N) is 2. The van der Waals surface area contributed by atoms with E-state index in [-0.39, 0.29) is 10.2 Å². The normalized spacial score (nSPS) is 11.9. The molecule has 1 aromatic carbocycles. The van der Waals surface area contributed by atoms with Crippen molar-refractivity contribution in [3.8, 4) is 0 Å². The van der Waals surface area contributed by atoms with Crippen LogP contribution in [0, 0.1) is 0 Å². The highest BCUT2D eigenvalue weighted by Gasteiger charge is 2.07. The van der Waals surface area contributed by atoms with Gasteiger partial charge in [0, 0.05) is 17.2 Å². The fourth-order valence-corrected chi connectivity index (χ4v) is 1.62. The zero-order chi connectivity index (χ0) is 15.8. The Hall–Kier alpha value is -1.77. The SMILES string of the molecule is C/C(C/C(=N/NC(N)=S)c1ccc(Cl)cc1)=N/NC(N)=S. The van der Waals surface area contributed by atoms with E-state index in [4.69, 9.17) is 35.3 Å². The summed E-state index contributed by atoms with van der Waals surface area (Å²) in [5.74, 6) is 0. The quantitative estimate of drug-likeness (QED) is 0.367. The molecule has 0 aliphatic rings. The first kappa shape index (κ1) is 17.3. The average Bonchev–Trinajstić information content (AvgIpc) is 2.42. The van der Waals surface area contributed by atoms with Crippen molar-refractivity contribution >= 4 is 57.7 Å². The lowest BCUT2D eigenvalue weighted by Crippen LogP contribution is -2.27. The highest BCUT2D eigenvalue weighted by molar-refractivity contribution is 7.80. The second kappa shape index (κ2) is 8.50. The van der Waals surface area contributed by atoms with E-state index in [0.29, 0.717) is 17.2 Å². The second-order valence-corrected chi connectivity index (χ2v) is 5.36. The van der Waals surface area contributed by atoms with E-state index in [9.17, 15) is 0 Å². The lowest BCUT2D eigenvalue weighted by atomic mass is 10.1. The highest BCUT2D eigenvalue weighted by Crippen LogP contribution is 2.12. The average molecular weight is 343 g/mol. The van der Waals surface area contributed by atoms with Crippen LogP contribution in [-0.2, 0) is 0 Å². The number of rotatable bonds is 5. The molecule has 0 radical (unpaired) electrons. The molecule has 0 atom stereocenters. The molecule has 9 heteroatoms. The first-order valence-electron chi connectivity index (χ1n) is 5.85. The summed E-state index contributed by atoms with van der Waals surface area (Å²) in [5.41, 5.74) is 18.1. The van der Waals surface area contributed by atoms with Gasteiger partial charge in [-0.2, -0.15) is 10.2 Å². The van der Waals surface area contributed by atoms with Crippen LogP contribution in [0.3, 0.4) is 0 Å². The van der Waals surface area contributed by atoms with Crippen LogP contribution in [0.25, 0.3) is 0 Å². The maximum Gasteiger partial charge on any atom is 0.184 e. The van der Waals surface area contributed by atoms with E-state index in [1.54, 1.807) is 12.1 Å². The number of hydrazone groups is 2. The molecule has 21 heavy (non-hydrogen) atoms. The Labute approximate surface area is 138 Å². The number of hydrogen-bond donors (Lipinski definition) is 4. The Balaban J connectivity index is 2.95. The Morgan fingerprint density at radius 3 is 2.14 bits per heavy atom. The van der Waals surface area contributed by atoms with E-state index < -0.39 is 0 Å². The number of nitrogens with two attached hydrogens (primary N) is 2. The lowest BCUT2D eigenvalue weighted by Gasteiger charge is -2.08. The van der Waals surface area contributed by atoms with E-state index in [1.165, 1.54) is 0 Å². The molecule has 0 bridgehead atoms. The largest absolute Gasteiger partial charge is 0.375 e. The fraction of sp³-hybridized carbons (Fsp3) is 0.167. The molecular formula is C12H15ClN6S2. The predicted molar refractivity (Wildman–Crippen MR) is 95.6 cm³/mol. The van der Waals surface area contributed by atoms with Crippen molar-refractivity contribution in [3.05, 3.63) is 34.9 Å². The third-order valence-electron chi connectivity index (χ3n) is 2.26. The predicted octanol–water partition coefficient (Wildman–Crippen LogP) is 1.48. The fourth-order valence-electron chi connectivity index (χ4n) is 1.40. The summed E-state index contributed by atoms with van der Waals surface area (Å²) in [6, 6.07) is 7.23. The molecule has 6 N–H and O–H groups in total. The van der Waals surface area contributed by atoms with Crippen molar-refractivity contribution in [1.29, 1.82) is 0 Å². The van der Waals surface area contributed by atoms with Crippen molar-refractivity contribution in [2.24, 2.45) is 21.7 Å². The van der Waals surface area contributed by atoms with Crippen molar-refractivity contribution < 1.29 is 0 Å². The van der Waals surface area contributed by atoms with E-state index in [0.717, 1.165) is 11.3 Å². The topological polar surface area (TPSA) is 101 Å². The maximum atomic E-state index is 5.88. The van der Waals surface area contributed by atoms with Crippen molar-refractivity contribution in [2.75, 3.05) is 0 Å². The number of benzene rings is 1. The smallest absolute Gasteiger partial charge is 0.184 e. The summed E-state index contributed by atoms with van der Waals surface area (Å²) >= 11 is 15.3. The van der Waals surface area contributed by atoms with Gasteiger partial charge in [-0.3, -0.25) is 10.9 Å². The van der Waals surface area contributed by atoms with Gasteiger partial charge in [0.05, 0.1) is 5.71 Å². The monoisotopic (exact) mass is 342 g/mol. The second-order valence-electron chi connectivity index (χ2n) is 4.04. The molecule has 0 aliphatic carbocycles. The number of hydrogen-bond acceptors (Lipinski definition) is 4. The van der Waals surface area contributed by atoms with E-state index in [1.807, 2.05) is 19.1 Å². The summed E-state index contributed by atoms with van der Waals surface area (Å²) in [4.78, 5) is 0. The summed E-state index contributed by atoms with van der Waals surface area (Å²) in [5, 5.41) is 9.03. The molecular weight excluding hydrogens is 328 g/mol. The molecule has 0 aliphatic heterocycles. The van der Waals surface area contributed by atoms with Gasteiger partial charge in [-0.1, -0.05) is 23.7 Å². The molecule has 0 spiro atoms. The summed E-state index contributed by atoms with van der Waals surface area (Å²) < 4.78 is 0. The van der Waals surface area contributed by atoms with Crippen LogP contribution in [0.2, 0.25) is 5.02 Å². The third kappa shape index (κ3) is 6.98. The standard InChI is InChI=1S/C12H15ClN6S2/c1-7(16-18-11(14)20)6-10(17-19-12(15)21)8-2-4-9(13)5-3-8/h2-5H,6H2,1H3,(H3,14,18,20)(H3,15,19,21)/b16-7-,17-10-. The Bertz CT molecular complexity index is 582. The van der Waals surface area contributed by atoms with Crippen LogP contribution >= 0.6 is 36.0 Å². The third-order valence-corrected chi connectivity index (χ3v) is 2.69. The van der Waals surface area contributed by atoms with Gasteiger partial charge < -0.3 is 11.5 Å². The minimum Gasteiger partial charge on any atom is -0.375 e. The summed E-state index contributed by atoms with van der Waals surface area (Å²) in [6.45, 7) is 1.82. The number of halogens is 1. The maximum absolute atomic E-state index is 5.88. The van der Waals surface area contributed by atoms with Gasteiger partial charge in [-0.05, 0) is 49.1 Å². The van der Waals surface area contributed by atoms with Gasteiger partial charge in [-0.15, -0.1) is 0 Å². The van der Waals surface area contributed by atoms with Crippen molar-refractivity contribution in [3.63, 3.8) is 0 Å². The first-order valence-corrected chi connectivity index (χ1v) is 7.04. The molecule has 1 rings (SSSR count). The molecule has 0 saturated carbocycles. The van der Waals surface area contributed by atoms with Gasteiger partial charge >= 0.3 is 0 Å². The summed E-state index contributed by atoms with van der Waals surface area (Å²) in [6.07, 6.45) is 0.451. The van der Waals surface area contributed by atoms with Crippen LogP contribution in [0.1, 0.15) is 18.9 Å².